The van der Waals surface area contributed by atoms with E-state index in [4.69, 9.17) is 0 Å². The van der Waals surface area contributed by atoms with Gasteiger partial charge in [0.1, 0.15) is 0 Å². The first kappa shape index (κ1) is 19.0. The smallest absolute Gasteiger partial charge is 0.251 e. The van der Waals surface area contributed by atoms with E-state index in [9.17, 15) is 9.59 Å². The normalized spacial score (nSPS) is 14.5. The Labute approximate surface area is 160 Å². The molecule has 3 N–H and O–H groups in total. The number of nitrogens with one attached hydrogen (secondary N) is 3. The zero-order valence-electron chi connectivity index (χ0n) is 15.9. The maximum atomic E-state index is 12.6. The molecule has 0 heterocycles. The van der Waals surface area contributed by atoms with Crippen molar-refractivity contribution in [3.8, 4) is 0 Å². The molecule has 142 valence electrons. The second kappa shape index (κ2) is 8.71. The average molecular weight is 365 g/mol. The number of para-hydroxylation sites is 1. The lowest BCUT2D eigenvalue weighted by molar-refractivity contribution is -0.117. The van der Waals surface area contributed by atoms with Crippen molar-refractivity contribution in [3.05, 3.63) is 60.2 Å². The number of rotatable bonds is 8. The van der Waals surface area contributed by atoms with Gasteiger partial charge in [0.15, 0.2) is 0 Å². The number of hydrogen-bond acceptors (Lipinski definition) is 3. The molecule has 0 bridgehead atoms. The zero-order valence-corrected chi connectivity index (χ0v) is 15.9. The van der Waals surface area contributed by atoms with Crippen LogP contribution in [0.15, 0.2) is 54.6 Å². The quantitative estimate of drug-likeness (QED) is 0.664. The molecule has 1 atom stereocenters. The second-order valence-electron chi connectivity index (χ2n) is 7.42. The Hall–Kier alpha value is -2.82. The number of benzene rings is 2. The standard InChI is InChI=1S/C22H27N3O2/c1-15(2)20(24-18-8-4-3-5-9-18)14-23-21(26)17-7-6-10-19(13-17)25-22(27)16-11-12-16/h3-10,13,15-16,20,24H,11-12,14H2,1-2H3,(H,23,26)(H,25,27). The van der Waals surface area contributed by atoms with Gasteiger partial charge in [0, 0.05) is 35.4 Å². The molecule has 5 nitrogen and oxygen atoms in total. The molecule has 27 heavy (non-hydrogen) atoms. The van der Waals surface area contributed by atoms with E-state index in [1.807, 2.05) is 36.4 Å². The Morgan fingerprint density at radius 3 is 2.37 bits per heavy atom. The summed E-state index contributed by atoms with van der Waals surface area (Å²) in [6, 6.07) is 17.2. The van der Waals surface area contributed by atoms with E-state index < -0.39 is 0 Å². The highest BCUT2D eigenvalue weighted by Gasteiger charge is 2.29. The Bertz CT molecular complexity index is 785. The molecule has 1 saturated carbocycles. The van der Waals surface area contributed by atoms with Gasteiger partial charge in [-0.25, -0.2) is 0 Å². The van der Waals surface area contributed by atoms with E-state index >= 15 is 0 Å². The lowest BCUT2D eigenvalue weighted by atomic mass is 10.0. The van der Waals surface area contributed by atoms with Crippen LogP contribution in [0.5, 0.6) is 0 Å². The van der Waals surface area contributed by atoms with Crippen LogP contribution < -0.4 is 16.0 Å². The molecule has 0 aliphatic heterocycles. The Morgan fingerprint density at radius 1 is 1.00 bits per heavy atom. The molecule has 5 heteroatoms. The first-order chi connectivity index (χ1) is 13.0. The molecule has 1 unspecified atom stereocenters. The van der Waals surface area contributed by atoms with Gasteiger partial charge in [-0.15, -0.1) is 0 Å². The zero-order chi connectivity index (χ0) is 19.2. The summed E-state index contributed by atoms with van der Waals surface area (Å²) in [6.45, 7) is 4.77. The van der Waals surface area contributed by atoms with Gasteiger partial charge < -0.3 is 16.0 Å². The van der Waals surface area contributed by atoms with Crippen LogP contribution in [-0.2, 0) is 4.79 Å². The fourth-order valence-corrected chi connectivity index (χ4v) is 2.83. The van der Waals surface area contributed by atoms with Crippen molar-refractivity contribution in [1.29, 1.82) is 0 Å². The summed E-state index contributed by atoms with van der Waals surface area (Å²) in [7, 11) is 0. The van der Waals surface area contributed by atoms with Crippen LogP contribution in [0.2, 0.25) is 0 Å². The Kier molecular flexibility index (Phi) is 6.12. The van der Waals surface area contributed by atoms with Crippen LogP contribution in [0.3, 0.4) is 0 Å². The maximum absolute atomic E-state index is 12.6. The molecule has 1 fully saturated rings. The summed E-state index contributed by atoms with van der Waals surface area (Å²) < 4.78 is 0. The van der Waals surface area contributed by atoms with Gasteiger partial charge in [-0.1, -0.05) is 38.1 Å². The van der Waals surface area contributed by atoms with Crippen molar-refractivity contribution in [1.82, 2.24) is 5.32 Å². The summed E-state index contributed by atoms with van der Waals surface area (Å²) in [5.41, 5.74) is 2.25. The maximum Gasteiger partial charge on any atom is 0.251 e. The van der Waals surface area contributed by atoms with Crippen molar-refractivity contribution in [2.45, 2.75) is 32.7 Å². The molecule has 0 spiro atoms. The van der Waals surface area contributed by atoms with Crippen molar-refractivity contribution in [3.63, 3.8) is 0 Å². The van der Waals surface area contributed by atoms with Crippen LogP contribution in [0, 0.1) is 11.8 Å². The number of amides is 2. The van der Waals surface area contributed by atoms with E-state index in [1.54, 1.807) is 18.2 Å². The van der Waals surface area contributed by atoms with Crippen LogP contribution in [0.25, 0.3) is 0 Å². The number of carbonyl (C=O) groups is 2. The second-order valence-corrected chi connectivity index (χ2v) is 7.42. The van der Waals surface area contributed by atoms with Gasteiger partial charge in [0.05, 0.1) is 0 Å². The van der Waals surface area contributed by atoms with Gasteiger partial charge in [0.2, 0.25) is 5.91 Å². The minimum absolute atomic E-state index is 0.0412. The Balaban J connectivity index is 1.57. The molecule has 3 rings (SSSR count). The van der Waals surface area contributed by atoms with Gasteiger partial charge in [-0.2, -0.15) is 0 Å². The summed E-state index contributed by atoms with van der Waals surface area (Å²) in [5.74, 6) is 0.394. The minimum atomic E-state index is -0.141. The summed E-state index contributed by atoms with van der Waals surface area (Å²) in [5, 5.41) is 9.36. The molecule has 2 aromatic rings. The van der Waals surface area contributed by atoms with Crippen LogP contribution >= 0.6 is 0 Å². The molecular formula is C22H27N3O2. The third-order valence-electron chi connectivity index (χ3n) is 4.75. The summed E-state index contributed by atoms with van der Waals surface area (Å²) >= 11 is 0. The molecule has 2 aromatic carbocycles. The van der Waals surface area contributed by atoms with Crippen molar-refractivity contribution in [2.24, 2.45) is 11.8 Å². The van der Waals surface area contributed by atoms with E-state index in [-0.39, 0.29) is 23.8 Å². The lowest BCUT2D eigenvalue weighted by Crippen LogP contribution is -2.39. The van der Waals surface area contributed by atoms with E-state index in [0.717, 1.165) is 18.5 Å². The fourth-order valence-electron chi connectivity index (χ4n) is 2.83. The molecule has 0 aromatic heterocycles. The van der Waals surface area contributed by atoms with Gasteiger partial charge in [-0.05, 0) is 49.1 Å². The van der Waals surface area contributed by atoms with E-state index in [2.05, 4.69) is 29.8 Å². The number of hydrogen-bond donors (Lipinski definition) is 3. The lowest BCUT2D eigenvalue weighted by Gasteiger charge is -2.24. The molecule has 1 aliphatic carbocycles. The topological polar surface area (TPSA) is 70.2 Å². The van der Waals surface area contributed by atoms with Crippen molar-refractivity contribution in [2.75, 3.05) is 17.2 Å². The highest BCUT2D eigenvalue weighted by atomic mass is 16.2. The van der Waals surface area contributed by atoms with Crippen LogP contribution in [0.1, 0.15) is 37.0 Å². The molecule has 2 amide bonds. The highest BCUT2D eigenvalue weighted by Crippen LogP contribution is 2.30. The molecular weight excluding hydrogens is 338 g/mol. The summed E-state index contributed by atoms with van der Waals surface area (Å²) in [6.07, 6.45) is 1.91. The monoisotopic (exact) mass is 365 g/mol. The predicted octanol–water partition coefficient (Wildman–Crippen LogP) is 3.90. The largest absolute Gasteiger partial charge is 0.380 e. The van der Waals surface area contributed by atoms with Crippen LogP contribution in [-0.4, -0.2) is 24.4 Å². The molecule has 0 radical (unpaired) electrons. The SMILES string of the molecule is CC(C)C(CNC(=O)c1cccc(NC(=O)C2CC2)c1)Nc1ccccc1. The fraction of sp³-hybridized carbons (Fsp3) is 0.364. The first-order valence-corrected chi connectivity index (χ1v) is 9.53. The first-order valence-electron chi connectivity index (χ1n) is 9.53. The van der Waals surface area contributed by atoms with Crippen molar-refractivity contribution < 1.29 is 9.59 Å². The molecule has 0 saturated heterocycles. The number of carbonyl (C=O) groups excluding carboxylic acids is 2. The van der Waals surface area contributed by atoms with E-state index in [1.165, 1.54) is 0 Å². The predicted molar refractivity (Wildman–Crippen MR) is 109 cm³/mol. The van der Waals surface area contributed by atoms with Crippen LogP contribution in [0.4, 0.5) is 11.4 Å². The highest BCUT2D eigenvalue weighted by molar-refractivity contribution is 5.98. The molecule has 1 aliphatic rings. The third kappa shape index (κ3) is 5.58. The third-order valence-corrected chi connectivity index (χ3v) is 4.75. The average Bonchev–Trinajstić information content (AvgIpc) is 3.51. The van der Waals surface area contributed by atoms with Gasteiger partial charge in [-0.3, -0.25) is 9.59 Å². The minimum Gasteiger partial charge on any atom is -0.380 e. The number of anilines is 2. The van der Waals surface area contributed by atoms with Gasteiger partial charge >= 0.3 is 0 Å². The van der Waals surface area contributed by atoms with E-state index in [0.29, 0.717) is 23.7 Å². The Morgan fingerprint density at radius 2 is 1.70 bits per heavy atom. The summed E-state index contributed by atoms with van der Waals surface area (Å²) in [4.78, 5) is 24.5. The van der Waals surface area contributed by atoms with Crippen molar-refractivity contribution >= 4 is 23.2 Å². The van der Waals surface area contributed by atoms with Gasteiger partial charge in [0.25, 0.3) is 5.91 Å².